The highest BCUT2D eigenvalue weighted by molar-refractivity contribution is 9.10. The van der Waals surface area contributed by atoms with E-state index in [1.54, 1.807) is 32.9 Å². The van der Waals surface area contributed by atoms with Crippen LogP contribution >= 0.6 is 15.9 Å². The van der Waals surface area contributed by atoms with E-state index in [0.29, 0.717) is 23.0 Å². The van der Waals surface area contributed by atoms with E-state index in [1.165, 1.54) is 0 Å². The molecule has 0 aromatic heterocycles. The summed E-state index contributed by atoms with van der Waals surface area (Å²) in [4.78, 5) is 23.8. The molecule has 0 atom stereocenters. The Balaban J connectivity index is 2.29. The number of carboxylic acids is 1. The summed E-state index contributed by atoms with van der Waals surface area (Å²) in [5.74, 6) is -0.805. The molecule has 23 heavy (non-hydrogen) atoms. The van der Waals surface area contributed by atoms with Gasteiger partial charge < -0.3 is 9.84 Å². The molecule has 2 rings (SSSR count). The molecule has 1 aliphatic rings. The zero-order valence-electron chi connectivity index (χ0n) is 13.6. The van der Waals surface area contributed by atoms with Crippen LogP contribution in [0.3, 0.4) is 0 Å². The summed E-state index contributed by atoms with van der Waals surface area (Å²) in [5.41, 5.74) is -0.214. The predicted molar refractivity (Wildman–Crippen MR) is 91.8 cm³/mol. The smallest absolute Gasteiger partial charge is 0.412 e. The normalized spacial score (nSPS) is 16.9. The fourth-order valence-corrected chi connectivity index (χ4v) is 3.28. The molecule has 0 unspecified atom stereocenters. The molecule has 5 nitrogen and oxygen atoms in total. The number of rotatable bonds is 3. The van der Waals surface area contributed by atoms with Crippen molar-refractivity contribution < 1.29 is 19.4 Å². The van der Waals surface area contributed by atoms with Gasteiger partial charge in [0.25, 0.3) is 0 Å². The van der Waals surface area contributed by atoms with Gasteiger partial charge in [0.05, 0.1) is 11.1 Å². The summed E-state index contributed by atoms with van der Waals surface area (Å²) in [7, 11) is 0. The number of benzene rings is 1. The average Bonchev–Trinajstić information content (AvgIpc) is 2.89. The molecule has 0 heterocycles. The SMILES string of the molecule is CC(C)(C)OC(=O)Nc1cc(C2(C(=O)O)CCCC2)ccc1Br. The second-order valence-corrected chi connectivity index (χ2v) is 7.77. The predicted octanol–water partition coefficient (Wildman–Crippen LogP) is 4.69. The van der Waals surface area contributed by atoms with Crippen molar-refractivity contribution in [1.82, 2.24) is 0 Å². The Morgan fingerprint density at radius 1 is 1.26 bits per heavy atom. The standard InChI is InChI=1S/C17H22BrNO4/c1-16(2,3)23-15(22)19-13-10-11(6-7-12(13)18)17(14(20)21)8-4-5-9-17/h6-7,10H,4-5,8-9H2,1-3H3,(H,19,22)(H,20,21). The molecule has 1 aromatic rings. The van der Waals surface area contributed by atoms with Gasteiger partial charge in [-0.15, -0.1) is 0 Å². The molecule has 0 spiro atoms. The van der Waals surface area contributed by atoms with E-state index in [2.05, 4.69) is 21.2 Å². The lowest BCUT2D eigenvalue weighted by Crippen LogP contribution is -2.33. The molecular weight excluding hydrogens is 362 g/mol. The number of ether oxygens (including phenoxy) is 1. The summed E-state index contributed by atoms with van der Waals surface area (Å²) < 4.78 is 5.93. The first kappa shape index (κ1) is 17.8. The van der Waals surface area contributed by atoms with Crippen molar-refractivity contribution in [3.63, 3.8) is 0 Å². The number of anilines is 1. The lowest BCUT2D eigenvalue weighted by molar-refractivity contribution is -0.143. The van der Waals surface area contributed by atoms with Gasteiger partial charge in [0, 0.05) is 4.47 Å². The minimum absolute atomic E-state index is 0.518. The number of carbonyl (C=O) groups excluding carboxylic acids is 1. The lowest BCUT2D eigenvalue weighted by Gasteiger charge is -2.25. The van der Waals surface area contributed by atoms with Gasteiger partial charge in [-0.1, -0.05) is 18.9 Å². The van der Waals surface area contributed by atoms with Gasteiger partial charge in [-0.25, -0.2) is 4.79 Å². The van der Waals surface area contributed by atoms with Crippen LogP contribution in [0.5, 0.6) is 0 Å². The van der Waals surface area contributed by atoms with Gasteiger partial charge in [0.1, 0.15) is 5.60 Å². The Morgan fingerprint density at radius 3 is 2.39 bits per heavy atom. The summed E-state index contributed by atoms with van der Waals surface area (Å²) in [6, 6.07) is 5.31. The van der Waals surface area contributed by atoms with Crippen LogP contribution in [0.4, 0.5) is 10.5 Å². The van der Waals surface area contributed by atoms with Crippen molar-refractivity contribution in [2.45, 2.75) is 57.5 Å². The third-order valence-corrected chi connectivity index (χ3v) is 4.71. The van der Waals surface area contributed by atoms with E-state index in [0.717, 1.165) is 18.4 Å². The van der Waals surface area contributed by atoms with Crippen molar-refractivity contribution in [2.75, 3.05) is 5.32 Å². The van der Waals surface area contributed by atoms with Crippen LogP contribution < -0.4 is 5.32 Å². The molecule has 0 saturated heterocycles. The first-order valence-corrected chi connectivity index (χ1v) is 8.47. The van der Waals surface area contributed by atoms with E-state index in [-0.39, 0.29) is 0 Å². The fraction of sp³-hybridized carbons (Fsp3) is 0.529. The molecule has 6 heteroatoms. The summed E-state index contributed by atoms with van der Waals surface area (Å²) in [5, 5.41) is 12.4. The zero-order valence-corrected chi connectivity index (χ0v) is 15.2. The molecule has 0 radical (unpaired) electrons. The Kier molecular flexibility index (Phi) is 5.04. The Hall–Kier alpha value is -1.56. The van der Waals surface area contributed by atoms with Gasteiger partial charge in [0.2, 0.25) is 0 Å². The quantitative estimate of drug-likeness (QED) is 0.793. The summed E-state index contributed by atoms with van der Waals surface area (Å²) in [6.45, 7) is 5.36. The van der Waals surface area contributed by atoms with Crippen LogP contribution in [0.2, 0.25) is 0 Å². The number of hydrogen-bond donors (Lipinski definition) is 2. The number of carboxylic acid groups (broad SMARTS) is 1. The second-order valence-electron chi connectivity index (χ2n) is 6.92. The number of aliphatic carboxylic acids is 1. The van der Waals surface area contributed by atoms with Crippen LogP contribution in [0.15, 0.2) is 22.7 Å². The highest BCUT2D eigenvalue weighted by Gasteiger charge is 2.43. The molecule has 1 fully saturated rings. The summed E-state index contributed by atoms with van der Waals surface area (Å²) in [6.07, 6.45) is 2.48. The highest BCUT2D eigenvalue weighted by Crippen LogP contribution is 2.43. The topological polar surface area (TPSA) is 75.6 Å². The molecular formula is C17H22BrNO4. The Morgan fingerprint density at radius 2 is 1.87 bits per heavy atom. The molecule has 2 N–H and O–H groups in total. The van der Waals surface area contributed by atoms with E-state index in [1.807, 2.05) is 6.07 Å². The molecule has 1 amide bonds. The zero-order chi connectivity index (χ0) is 17.3. The fourth-order valence-electron chi connectivity index (χ4n) is 2.94. The number of carbonyl (C=O) groups is 2. The number of hydrogen-bond acceptors (Lipinski definition) is 3. The first-order valence-electron chi connectivity index (χ1n) is 7.67. The molecule has 1 saturated carbocycles. The minimum atomic E-state index is -0.856. The van der Waals surface area contributed by atoms with Crippen LogP contribution in [-0.2, 0) is 14.9 Å². The van der Waals surface area contributed by atoms with Crippen molar-refractivity contribution >= 4 is 33.7 Å². The molecule has 126 valence electrons. The van der Waals surface area contributed by atoms with Gasteiger partial charge in [-0.3, -0.25) is 10.1 Å². The summed E-state index contributed by atoms with van der Waals surface area (Å²) >= 11 is 3.38. The van der Waals surface area contributed by atoms with Crippen molar-refractivity contribution in [3.8, 4) is 0 Å². The van der Waals surface area contributed by atoms with Crippen LogP contribution in [0.1, 0.15) is 52.0 Å². The van der Waals surface area contributed by atoms with E-state index < -0.39 is 23.1 Å². The van der Waals surface area contributed by atoms with Crippen molar-refractivity contribution in [1.29, 1.82) is 0 Å². The van der Waals surface area contributed by atoms with Gasteiger partial charge in [-0.2, -0.15) is 0 Å². The average molecular weight is 384 g/mol. The second kappa shape index (κ2) is 6.51. The Bertz CT molecular complexity index is 616. The first-order chi connectivity index (χ1) is 10.6. The maximum Gasteiger partial charge on any atom is 0.412 e. The van der Waals surface area contributed by atoms with Crippen LogP contribution in [0, 0.1) is 0 Å². The maximum absolute atomic E-state index is 12.0. The Labute approximate surface area is 144 Å². The largest absolute Gasteiger partial charge is 0.481 e. The van der Waals surface area contributed by atoms with Gasteiger partial charge in [-0.05, 0) is 67.2 Å². The number of halogens is 1. The molecule has 0 aliphatic heterocycles. The minimum Gasteiger partial charge on any atom is -0.481 e. The van der Waals surface area contributed by atoms with Crippen LogP contribution in [-0.4, -0.2) is 22.8 Å². The van der Waals surface area contributed by atoms with Crippen molar-refractivity contribution in [3.05, 3.63) is 28.2 Å². The third kappa shape index (κ3) is 4.05. The third-order valence-electron chi connectivity index (χ3n) is 4.02. The van der Waals surface area contributed by atoms with Crippen LogP contribution in [0.25, 0.3) is 0 Å². The van der Waals surface area contributed by atoms with Crippen molar-refractivity contribution in [2.24, 2.45) is 0 Å². The van der Waals surface area contributed by atoms with E-state index >= 15 is 0 Å². The maximum atomic E-state index is 12.0. The highest BCUT2D eigenvalue weighted by atomic mass is 79.9. The van der Waals surface area contributed by atoms with E-state index in [9.17, 15) is 14.7 Å². The number of nitrogens with one attached hydrogen (secondary N) is 1. The molecule has 0 bridgehead atoms. The molecule has 1 aliphatic carbocycles. The lowest BCUT2D eigenvalue weighted by atomic mass is 9.79. The van der Waals surface area contributed by atoms with E-state index in [4.69, 9.17) is 4.74 Å². The van der Waals surface area contributed by atoms with Gasteiger partial charge >= 0.3 is 12.1 Å². The monoisotopic (exact) mass is 383 g/mol. The number of amides is 1. The molecule has 1 aromatic carbocycles. The van der Waals surface area contributed by atoms with Gasteiger partial charge in [0.15, 0.2) is 0 Å².